The molecule has 0 heterocycles. The van der Waals surface area contributed by atoms with Crippen LogP contribution in [0.2, 0.25) is 0 Å². The highest BCUT2D eigenvalue weighted by Crippen LogP contribution is 2.18. The minimum absolute atomic E-state index is 0.0787. The zero-order chi connectivity index (χ0) is 8.97. The van der Waals surface area contributed by atoms with Crippen molar-refractivity contribution in [2.24, 2.45) is 0 Å². The predicted octanol–water partition coefficient (Wildman–Crippen LogP) is 0.483. The Bertz CT molecular complexity index is 157. The smallest absolute Gasteiger partial charge is 0.315 e. The maximum absolute atomic E-state index is 11.0. The summed E-state index contributed by atoms with van der Waals surface area (Å²) in [6, 6.07) is 0.337. The van der Waals surface area contributed by atoms with E-state index in [2.05, 4.69) is 10.6 Å². The van der Waals surface area contributed by atoms with Crippen LogP contribution in [0, 0.1) is 0 Å². The van der Waals surface area contributed by atoms with Crippen LogP contribution in [0.15, 0.2) is 0 Å². The number of nitrogens with one attached hydrogen (secondary N) is 2. The molecule has 0 bridgehead atoms. The number of amides is 2. The SMILES string of the molecule is COC(C)CNC(=O)NC1CC1. The Hall–Kier alpha value is -0.770. The monoisotopic (exact) mass is 172 g/mol. The Labute approximate surface area is 72.7 Å². The van der Waals surface area contributed by atoms with Gasteiger partial charge in [0.1, 0.15) is 0 Å². The summed E-state index contributed by atoms with van der Waals surface area (Å²) in [4.78, 5) is 11.0. The molecule has 2 amide bonds. The number of hydrogen-bond donors (Lipinski definition) is 2. The van der Waals surface area contributed by atoms with Crippen LogP contribution in [0.3, 0.4) is 0 Å². The van der Waals surface area contributed by atoms with Gasteiger partial charge in [0.25, 0.3) is 0 Å². The van der Waals surface area contributed by atoms with E-state index >= 15 is 0 Å². The lowest BCUT2D eigenvalue weighted by Crippen LogP contribution is -2.40. The van der Waals surface area contributed by atoms with Gasteiger partial charge in [0.05, 0.1) is 6.10 Å². The molecule has 2 N–H and O–H groups in total. The Morgan fingerprint density at radius 1 is 1.67 bits per heavy atom. The number of carbonyl (C=O) groups excluding carboxylic acids is 1. The van der Waals surface area contributed by atoms with Gasteiger partial charge in [0, 0.05) is 19.7 Å². The third-order valence-electron chi connectivity index (χ3n) is 1.87. The summed E-state index contributed by atoms with van der Waals surface area (Å²) in [5, 5.41) is 5.56. The van der Waals surface area contributed by atoms with Crippen LogP contribution < -0.4 is 10.6 Å². The molecule has 1 unspecified atom stereocenters. The summed E-state index contributed by atoms with van der Waals surface area (Å²) in [5.74, 6) is 0. The lowest BCUT2D eigenvalue weighted by atomic mass is 10.4. The molecule has 1 fully saturated rings. The first-order valence-electron chi connectivity index (χ1n) is 4.29. The Morgan fingerprint density at radius 2 is 2.33 bits per heavy atom. The summed E-state index contributed by atoms with van der Waals surface area (Å²) >= 11 is 0. The second kappa shape index (κ2) is 4.30. The lowest BCUT2D eigenvalue weighted by Gasteiger charge is -2.10. The van der Waals surface area contributed by atoms with E-state index in [1.54, 1.807) is 7.11 Å². The number of rotatable bonds is 4. The van der Waals surface area contributed by atoms with Gasteiger partial charge in [-0.2, -0.15) is 0 Å². The largest absolute Gasteiger partial charge is 0.380 e. The normalized spacial score (nSPS) is 18.5. The first-order valence-corrected chi connectivity index (χ1v) is 4.29. The van der Waals surface area contributed by atoms with Crippen LogP contribution in [0.25, 0.3) is 0 Å². The van der Waals surface area contributed by atoms with Gasteiger partial charge in [-0.25, -0.2) is 4.79 Å². The summed E-state index contributed by atoms with van der Waals surface area (Å²) in [6.07, 6.45) is 2.32. The maximum atomic E-state index is 11.0. The van der Waals surface area contributed by atoms with Gasteiger partial charge in [0.15, 0.2) is 0 Å². The predicted molar refractivity (Wildman–Crippen MR) is 46.0 cm³/mol. The van der Waals surface area contributed by atoms with Crippen LogP contribution in [0.1, 0.15) is 19.8 Å². The molecule has 12 heavy (non-hydrogen) atoms. The number of urea groups is 1. The van der Waals surface area contributed by atoms with Crippen molar-refractivity contribution >= 4 is 6.03 Å². The Kier molecular flexibility index (Phi) is 3.34. The molecular weight excluding hydrogens is 156 g/mol. The summed E-state index contributed by atoms with van der Waals surface area (Å²) in [7, 11) is 1.63. The van der Waals surface area contributed by atoms with Gasteiger partial charge < -0.3 is 15.4 Å². The third kappa shape index (κ3) is 3.57. The second-order valence-electron chi connectivity index (χ2n) is 3.17. The van der Waals surface area contributed by atoms with Gasteiger partial charge in [-0.05, 0) is 19.8 Å². The summed E-state index contributed by atoms with van der Waals surface area (Å²) in [6.45, 7) is 2.48. The Balaban J connectivity index is 2.00. The fraction of sp³-hybridized carbons (Fsp3) is 0.875. The number of methoxy groups -OCH3 is 1. The molecule has 0 aromatic heterocycles. The highest BCUT2D eigenvalue weighted by molar-refractivity contribution is 5.74. The van der Waals surface area contributed by atoms with Crippen molar-refractivity contribution in [3.05, 3.63) is 0 Å². The average molecular weight is 172 g/mol. The molecule has 0 saturated heterocycles. The molecule has 0 aromatic carbocycles. The minimum Gasteiger partial charge on any atom is -0.380 e. The molecule has 70 valence electrons. The second-order valence-corrected chi connectivity index (χ2v) is 3.17. The van der Waals surface area contributed by atoms with Gasteiger partial charge in [-0.1, -0.05) is 0 Å². The molecule has 0 radical (unpaired) electrons. The molecule has 1 rings (SSSR count). The van der Waals surface area contributed by atoms with Gasteiger partial charge in [-0.3, -0.25) is 0 Å². The van der Waals surface area contributed by atoms with E-state index in [1.165, 1.54) is 0 Å². The van der Waals surface area contributed by atoms with Crippen molar-refractivity contribution < 1.29 is 9.53 Å². The fourth-order valence-electron chi connectivity index (χ4n) is 0.784. The zero-order valence-corrected chi connectivity index (χ0v) is 7.59. The quantitative estimate of drug-likeness (QED) is 0.648. The average Bonchev–Trinajstić information content (AvgIpc) is 2.84. The Morgan fingerprint density at radius 3 is 2.83 bits per heavy atom. The van der Waals surface area contributed by atoms with E-state index < -0.39 is 0 Å². The number of ether oxygens (including phenoxy) is 1. The van der Waals surface area contributed by atoms with Crippen LogP contribution >= 0.6 is 0 Å². The van der Waals surface area contributed by atoms with Gasteiger partial charge in [0.2, 0.25) is 0 Å². The van der Waals surface area contributed by atoms with E-state index in [1.807, 2.05) is 6.92 Å². The molecule has 1 aliphatic rings. The van der Waals surface area contributed by atoms with Crippen LogP contribution in [0.5, 0.6) is 0 Å². The number of carbonyl (C=O) groups is 1. The molecular formula is C8H16N2O2. The van der Waals surface area contributed by atoms with E-state index in [0.29, 0.717) is 12.6 Å². The van der Waals surface area contributed by atoms with Crippen molar-refractivity contribution in [1.82, 2.24) is 10.6 Å². The van der Waals surface area contributed by atoms with Gasteiger partial charge in [-0.15, -0.1) is 0 Å². The lowest BCUT2D eigenvalue weighted by molar-refractivity contribution is 0.118. The zero-order valence-electron chi connectivity index (χ0n) is 7.59. The number of hydrogen-bond acceptors (Lipinski definition) is 2. The first-order chi connectivity index (χ1) is 5.72. The van der Waals surface area contributed by atoms with Crippen LogP contribution in [-0.4, -0.2) is 31.8 Å². The molecule has 0 spiro atoms. The first kappa shape index (κ1) is 9.32. The van der Waals surface area contributed by atoms with E-state index in [4.69, 9.17) is 4.74 Å². The van der Waals surface area contributed by atoms with Crippen molar-refractivity contribution in [3.63, 3.8) is 0 Å². The molecule has 1 atom stereocenters. The highest BCUT2D eigenvalue weighted by atomic mass is 16.5. The minimum atomic E-state index is -0.0820. The summed E-state index contributed by atoms with van der Waals surface area (Å²) < 4.78 is 4.98. The van der Waals surface area contributed by atoms with E-state index in [0.717, 1.165) is 12.8 Å². The van der Waals surface area contributed by atoms with E-state index in [-0.39, 0.29) is 12.1 Å². The fourth-order valence-corrected chi connectivity index (χ4v) is 0.784. The maximum Gasteiger partial charge on any atom is 0.315 e. The molecule has 4 nitrogen and oxygen atoms in total. The molecule has 1 aliphatic carbocycles. The van der Waals surface area contributed by atoms with Crippen molar-refractivity contribution in [2.75, 3.05) is 13.7 Å². The van der Waals surface area contributed by atoms with Crippen LogP contribution in [0.4, 0.5) is 4.79 Å². The molecule has 1 saturated carbocycles. The van der Waals surface area contributed by atoms with Crippen molar-refractivity contribution in [1.29, 1.82) is 0 Å². The topological polar surface area (TPSA) is 50.4 Å². The third-order valence-corrected chi connectivity index (χ3v) is 1.87. The molecule has 4 heteroatoms. The molecule has 0 aliphatic heterocycles. The van der Waals surface area contributed by atoms with Gasteiger partial charge >= 0.3 is 6.03 Å². The van der Waals surface area contributed by atoms with Crippen molar-refractivity contribution in [2.45, 2.75) is 31.9 Å². The van der Waals surface area contributed by atoms with Crippen molar-refractivity contribution in [3.8, 4) is 0 Å². The standard InChI is InChI=1S/C8H16N2O2/c1-6(12-2)5-9-8(11)10-7-3-4-7/h6-7H,3-5H2,1-2H3,(H2,9,10,11). The van der Waals surface area contributed by atoms with Crippen LogP contribution in [-0.2, 0) is 4.74 Å². The highest BCUT2D eigenvalue weighted by Gasteiger charge is 2.22. The van der Waals surface area contributed by atoms with E-state index in [9.17, 15) is 4.79 Å². The molecule has 0 aromatic rings. The summed E-state index contributed by atoms with van der Waals surface area (Å²) in [5.41, 5.74) is 0.